The lowest BCUT2D eigenvalue weighted by Crippen LogP contribution is -2.55. The van der Waals surface area contributed by atoms with E-state index in [-0.39, 0.29) is 5.91 Å². The van der Waals surface area contributed by atoms with E-state index in [2.05, 4.69) is 11.4 Å². The van der Waals surface area contributed by atoms with Crippen LogP contribution in [0.1, 0.15) is 49.8 Å². The molecule has 20 heavy (non-hydrogen) atoms. The largest absolute Gasteiger partial charge is 0.480 e. The third-order valence-corrected chi connectivity index (χ3v) is 4.84. The minimum Gasteiger partial charge on any atom is -0.480 e. The van der Waals surface area contributed by atoms with Crippen LogP contribution in [0.15, 0.2) is 17.5 Å². The molecule has 1 heterocycles. The molecule has 0 unspecified atom stereocenters. The van der Waals surface area contributed by atoms with Crippen LogP contribution in [0, 0.1) is 0 Å². The number of nitrogens with one attached hydrogen (secondary N) is 1. The molecule has 0 aromatic carbocycles. The van der Waals surface area contributed by atoms with Crippen molar-refractivity contribution in [1.29, 1.82) is 0 Å². The van der Waals surface area contributed by atoms with Gasteiger partial charge >= 0.3 is 5.97 Å². The Morgan fingerprint density at radius 3 is 2.65 bits per heavy atom. The van der Waals surface area contributed by atoms with Crippen LogP contribution in [-0.2, 0) is 16.0 Å². The average molecular weight is 295 g/mol. The van der Waals surface area contributed by atoms with Crippen LogP contribution in [0.5, 0.6) is 0 Å². The minimum absolute atomic E-state index is 0.133. The molecule has 1 aromatic rings. The van der Waals surface area contributed by atoms with Crippen molar-refractivity contribution in [1.82, 2.24) is 5.32 Å². The molecule has 110 valence electrons. The van der Waals surface area contributed by atoms with E-state index >= 15 is 0 Å². The van der Waals surface area contributed by atoms with E-state index in [0.717, 1.165) is 32.1 Å². The van der Waals surface area contributed by atoms with Gasteiger partial charge in [-0.2, -0.15) is 0 Å². The van der Waals surface area contributed by atoms with Gasteiger partial charge in [-0.1, -0.05) is 25.3 Å². The van der Waals surface area contributed by atoms with Crippen molar-refractivity contribution >= 4 is 23.2 Å². The Morgan fingerprint density at radius 1 is 1.30 bits per heavy atom. The predicted molar refractivity (Wildman–Crippen MR) is 78.9 cm³/mol. The number of carboxylic acid groups (broad SMARTS) is 1. The Morgan fingerprint density at radius 2 is 2.05 bits per heavy atom. The summed E-state index contributed by atoms with van der Waals surface area (Å²) < 4.78 is 0. The fourth-order valence-electron chi connectivity index (χ4n) is 2.76. The van der Waals surface area contributed by atoms with Crippen molar-refractivity contribution in [2.24, 2.45) is 0 Å². The number of rotatable bonds is 6. The molecule has 0 radical (unpaired) electrons. The molecule has 1 saturated carbocycles. The Balaban J connectivity index is 1.81. The van der Waals surface area contributed by atoms with Gasteiger partial charge in [-0.3, -0.25) is 4.79 Å². The lowest BCUT2D eigenvalue weighted by atomic mass is 9.81. The summed E-state index contributed by atoms with van der Waals surface area (Å²) in [4.78, 5) is 24.7. The first kappa shape index (κ1) is 15.0. The SMILES string of the molecule is O=C(CCCc1cccs1)NC1(C(=O)O)CCCCC1. The second kappa shape index (κ2) is 6.88. The summed E-state index contributed by atoms with van der Waals surface area (Å²) in [5.41, 5.74) is -1.02. The average Bonchev–Trinajstić information content (AvgIpc) is 2.93. The highest BCUT2D eigenvalue weighted by Crippen LogP contribution is 2.28. The molecule has 2 N–H and O–H groups in total. The van der Waals surface area contributed by atoms with Gasteiger partial charge in [0.1, 0.15) is 5.54 Å². The van der Waals surface area contributed by atoms with E-state index in [1.807, 2.05) is 11.4 Å². The van der Waals surface area contributed by atoms with Crippen LogP contribution >= 0.6 is 11.3 Å². The molecular formula is C15H21NO3S. The number of carbonyl (C=O) groups excluding carboxylic acids is 1. The van der Waals surface area contributed by atoms with Gasteiger partial charge in [0.2, 0.25) is 5.91 Å². The van der Waals surface area contributed by atoms with E-state index in [0.29, 0.717) is 19.3 Å². The third kappa shape index (κ3) is 3.82. The molecule has 0 aliphatic heterocycles. The van der Waals surface area contributed by atoms with Crippen molar-refractivity contribution in [3.8, 4) is 0 Å². The molecule has 1 aliphatic carbocycles. The van der Waals surface area contributed by atoms with E-state index in [1.54, 1.807) is 11.3 Å². The number of aryl methyl sites for hydroxylation is 1. The first-order valence-corrected chi connectivity index (χ1v) is 8.07. The summed E-state index contributed by atoms with van der Waals surface area (Å²) in [5.74, 6) is -1.02. The molecule has 1 fully saturated rings. The molecule has 1 aromatic heterocycles. The standard InChI is InChI=1S/C15H21NO3S/c17-13(8-4-6-12-7-5-11-20-12)16-15(14(18)19)9-2-1-3-10-15/h5,7,11H,1-4,6,8-10H2,(H,16,17)(H,18,19). The van der Waals surface area contributed by atoms with Gasteiger partial charge in [-0.05, 0) is 37.1 Å². The second-order valence-corrected chi connectivity index (χ2v) is 6.46. The Hall–Kier alpha value is -1.36. The van der Waals surface area contributed by atoms with Gasteiger partial charge in [0, 0.05) is 11.3 Å². The summed E-state index contributed by atoms with van der Waals surface area (Å²) >= 11 is 1.69. The fourth-order valence-corrected chi connectivity index (χ4v) is 3.51. The smallest absolute Gasteiger partial charge is 0.329 e. The molecule has 0 atom stereocenters. The monoisotopic (exact) mass is 295 g/mol. The minimum atomic E-state index is -1.02. The zero-order chi connectivity index (χ0) is 14.4. The Labute approximate surface area is 123 Å². The number of hydrogen-bond acceptors (Lipinski definition) is 3. The van der Waals surface area contributed by atoms with E-state index in [4.69, 9.17) is 0 Å². The predicted octanol–water partition coefficient (Wildman–Crippen LogP) is 2.97. The van der Waals surface area contributed by atoms with Gasteiger partial charge < -0.3 is 10.4 Å². The first-order chi connectivity index (χ1) is 9.62. The summed E-state index contributed by atoms with van der Waals surface area (Å²) in [7, 11) is 0. The van der Waals surface area contributed by atoms with Gasteiger partial charge in [-0.25, -0.2) is 4.79 Å². The van der Waals surface area contributed by atoms with Gasteiger partial charge in [0.15, 0.2) is 0 Å². The van der Waals surface area contributed by atoms with Crippen LogP contribution < -0.4 is 5.32 Å². The summed E-state index contributed by atoms with van der Waals surface area (Å²) in [6, 6.07) is 4.06. The first-order valence-electron chi connectivity index (χ1n) is 7.19. The maximum absolute atomic E-state index is 12.0. The van der Waals surface area contributed by atoms with E-state index < -0.39 is 11.5 Å². The maximum Gasteiger partial charge on any atom is 0.329 e. The zero-order valence-corrected chi connectivity index (χ0v) is 12.4. The lowest BCUT2D eigenvalue weighted by Gasteiger charge is -2.34. The summed E-state index contributed by atoms with van der Waals surface area (Å²) in [6.45, 7) is 0. The second-order valence-electron chi connectivity index (χ2n) is 5.43. The van der Waals surface area contributed by atoms with Crippen LogP contribution in [0.3, 0.4) is 0 Å². The number of thiophene rings is 1. The molecule has 0 bridgehead atoms. The molecule has 5 heteroatoms. The molecule has 0 spiro atoms. The van der Waals surface area contributed by atoms with Crippen molar-refractivity contribution in [3.63, 3.8) is 0 Å². The highest BCUT2D eigenvalue weighted by Gasteiger charge is 2.40. The van der Waals surface area contributed by atoms with Gasteiger partial charge in [0.25, 0.3) is 0 Å². The topological polar surface area (TPSA) is 66.4 Å². The normalized spacial score (nSPS) is 17.6. The highest BCUT2D eigenvalue weighted by atomic mass is 32.1. The molecule has 0 saturated heterocycles. The molecule has 4 nitrogen and oxygen atoms in total. The molecule has 2 rings (SSSR count). The number of carboxylic acids is 1. The van der Waals surface area contributed by atoms with Crippen molar-refractivity contribution in [2.45, 2.75) is 56.9 Å². The molecule has 1 aliphatic rings. The van der Waals surface area contributed by atoms with Gasteiger partial charge in [0.05, 0.1) is 0 Å². The van der Waals surface area contributed by atoms with Crippen molar-refractivity contribution in [2.75, 3.05) is 0 Å². The van der Waals surface area contributed by atoms with Crippen LogP contribution in [0.4, 0.5) is 0 Å². The maximum atomic E-state index is 12.0. The highest BCUT2D eigenvalue weighted by molar-refractivity contribution is 7.09. The quantitative estimate of drug-likeness (QED) is 0.848. The van der Waals surface area contributed by atoms with Crippen molar-refractivity contribution in [3.05, 3.63) is 22.4 Å². The lowest BCUT2D eigenvalue weighted by molar-refractivity contribution is -0.149. The molecular weight excluding hydrogens is 274 g/mol. The van der Waals surface area contributed by atoms with Gasteiger partial charge in [-0.15, -0.1) is 11.3 Å². The Kier molecular flexibility index (Phi) is 5.17. The van der Waals surface area contributed by atoms with E-state index in [9.17, 15) is 14.7 Å². The number of aliphatic carboxylic acids is 1. The van der Waals surface area contributed by atoms with E-state index in [1.165, 1.54) is 4.88 Å². The van der Waals surface area contributed by atoms with Crippen LogP contribution in [-0.4, -0.2) is 22.5 Å². The Bertz CT molecular complexity index is 450. The summed E-state index contributed by atoms with van der Waals surface area (Å²) in [5, 5.41) is 14.2. The summed E-state index contributed by atoms with van der Waals surface area (Å²) in [6.07, 6.45) is 5.96. The molecule has 1 amide bonds. The van der Waals surface area contributed by atoms with Crippen LogP contribution in [0.25, 0.3) is 0 Å². The van der Waals surface area contributed by atoms with Crippen LogP contribution in [0.2, 0.25) is 0 Å². The number of carbonyl (C=O) groups is 2. The number of amides is 1. The zero-order valence-electron chi connectivity index (χ0n) is 11.6. The fraction of sp³-hybridized carbons (Fsp3) is 0.600. The van der Waals surface area contributed by atoms with Crippen molar-refractivity contribution < 1.29 is 14.7 Å². The third-order valence-electron chi connectivity index (χ3n) is 3.90. The number of hydrogen-bond donors (Lipinski definition) is 2.